The Labute approximate surface area is 254 Å². The smallest absolute Gasteiger partial charge is 0.324 e. The number of hydrogen-bond donors (Lipinski definition) is 2. The van der Waals surface area contributed by atoms with Crippen LogP contribution in [-0.2, 0) is 26.0 Å². The van der Waals surface area contributed by atoms with Crippen LogP contribution in [0.3, 0.4) is 0 Å². The number of carboxylic acids is 1. The van der Waals surface area contributed by atoms with Crippen LogP contribution in [0.5, 0.6) is 0 Å². The minimum absolute atomic E-state index is 0.131. The summed E-state index contributed by atoms with van der Waals surface area (Å²) >= 11 is 12.1. The van der Waals surface area contributed by atoms with Gasteiger partial charge in [0.2, 0.25) is 5.95 Å². The molecule has 12 nitrogen and oxygen atoms in total. The fourth-order valence-electron chi connectivity index (χ4n) is 4.39. The van der Waals surface area contributed by atoms with Gasteiger partial charge in [-0.1, -0.05) is 23.2 Å². The average Bonchev–Trinajstić information content (AvgIpc) is 3.35. The molecule has 1 aromatic heterocycles. The summed E-state index contributed by atoms with van der Waals surface area (Å²) in [5, 5.41) is 16.7. The molecule has 4 rings (SSSR count). The molecule has 0 spiro atoms. The van der Waals surface area contributed by atoms with Crippen molar-refractivity contribution >= 4 is 68.8 Å². The Morgan fingerprint density at radius 1 is 1.10 bits per heavy atom. The number of aromatic nitrogens is 2. The summed E-state index contributed by atoms with van der Waals surface area (Å²) in [6.45, 7) is 4.18. The zero-order valence-corrected chi connectivity index (χ0v) is 25.6. The minimum atomic E-state index is -4.27. The van der Waals surface area contributed by atoms with Crippen LogP contribution in [0.25, 0.3) is 0 Å². The first-order valence-electron chi connectivity index (χ1n) is 12.8. The van der Waals surface area contributed by atoms with Crippen LogP contribution in [0.15, 0.2) is 53.6 Å². The molecule has 0 amide bonds. The van der Waals surface area contributed by atoms with E-state index in [2.05, 4.69) is 21.7 Å². The second kappa shape index (κ2) is 14.5. The van der Waals surface area contributed by atoms with Gasteiger partial charge in [0.05, 0.1) is 10.6 Å². The molecule has 0 radical (unpaired) electrons. The number of halogens is 2. The van der Waals surface area contributed by atoms with E-state index in [9.17, 15) is 18.3 Å². The summed E-state index contributed by atoms with van der Waals surface area (Å²) < 4.78 is 27.8. The number of likely N-dealkylation sites (N-methyl/N-ethyl adjacent to an activating group) is 2. The van der Waals surface area contributed by atoms with Gasteiger partial charge in [0, 0.05) is 48.1 Å². The summed E-state index contributed by atoms with van der Waals surface area (Å²) in [6.07, 6.45) is 2.35. The Kier molecular flexibility index (Phi) is 11.3. The van der Waals surface area contributed by atoms with Crippen LogP contribution in [0.1, 0.15) is 12.5 Å². The number of sulfonamides is 1. The predicted octanol–water partition coefficient (Wildman–Crippen LogP) is 3.85. The standard InChI is InChI=1S/C26H30Cl2N6O4S.CH2O2/c1-4-32(12-11-31(2)3)24-7-9-29-26(30-24)33-10-8-18-13-21(5-6-23(18)33)34(17-25(35)36)39(37,38)22-15-19(27)14-20(28)16-22;2-1-3/h5-7,9,13-16H,4,8,10-12,17H2,1-3H3,(H,35,36);1H,(H,2,3). The molecule has 2 N–H and O–H groups in total. The van der Waals surface area contributed by atoms with Gasteiger partial charge < -0.3 is 24.9 Å². The lowest BCUT2D eigenvalue weighted by atomic mass is 10.1. The van der Waals surface area contributed by atoms with Crippen LogP contribution in [0.4, 0.5) is 23.1 Å². The molecule has 42 heavy (non-hydrogen) atoms. The van der Waals surface area contributed by atoms with Gasteiger partial charge in [-0.2, -0.15) is 4.98 Å². The number of aliphatic carboxylic acids is 1. The van der Waals surface area contributed by atoms with Gasteiger partial charge in [0.25, 0.3) is 16.5 Å². The fraction of sp³-hybridized carbons (Fsp3) is 0.333. The third kappa shape index (κ3) is 8.00. The van der Waals surface area contributed by atoms with Crippen molar-refractivity contribution in [3.8, 4) is 0 Å². The van der Waals surface area contributed by atoms with E-state index in [1.54, 1.807) is 24.4 Å². The van der Waals surface area contributed by atoms with E-state index in [0.29, 0.717) is 18.9 Å². The molecule has 1 aliphatic rings. The summed E-state index contributed by atoms with van der Waals surface area (Å²) in [6, 6.07) is 10.8. The molecule has 1 aliphatic heterocycles. The highest BCUT2D eigenvalue weighted by Crippen LogP contribution is 2.37. The van der Waals surface area contributed by atoms with Crippen LogP contribution in [0, 0.1) is 0 Å². The van der Waals surface area contributed by atoms with Crippen molar-refractivity contribution in [3.05, 3.63) is 64.3 Å². The van der Waals surface area contributed by atoms with Gasteiger partial charge in [-0.25, -0.2) is 13.4 Å². The Bertz CT molecular complexity index is 1500. The molecule has 2 heterocycles. The first-order valence-corrected chi connectivity index (χ1v) is 15.0. The van der Waals surface area contributed by atoms with Crippen LogP contribution in [-0.4, -0.2) is 92.8 Å². The lowest BCUT2D eigenvalue weighted by Crippen LogP contribution is -2.35. The molecule has 3 aromatic rings. The Hall–Kier alpha value is -3.65. The summed E-state index contributed by atoms with van der Waals surface area (Å²) in [5.74, 6) is 0.0769. The van der Waals surface area contributed by atoms with E-state index in [0.717, 1.165) is 41.0 Å². The van der Waals surface area contributed by atoms with Gasteiger partial charge in [-0.15, -0.1) is 0 Å². The van der Waals surface area contributed by atoms with E-state index in [1.807, 2.05) is 25.1 Å². The fourth-order valence-corrected chi connectivity index (χ4v) is 6.53. The molecule has 0 saturated carbocycles. The van der Waals surface area contributed by atoms with Crippen molar-refractivity contribution in [3.63, 3.8) is 0 Å². The van der Waals surface area contributed by atoms with Gasteiger partial charge in [-0.3, -0.25) is 13.9 Å². The third-order valence-electron chi connectivity index (χ3n) is 6.34. The van der Waals surface area contributed by atoms with Crippen LogP contribution >= 0.6 is 23.2 Å². The van der Waals surface area contributed by atoms with Crippen molar-refractivity contribution in [1.82, 2.24) is 14.9 Å². The number of hydrogen-bond acceptors (Lipinski definition) is 9. The topological polar surface area (TPSA) is 147 Å². The molecule has 0 unspecified atom stereocenters. The second-order valence-electron chi connectivity index (χ2n) is 9.43. The predicted molar refractivity (Wildman–Crippen MR) is 163 cm³/mol. The molecule has 15 heteroatoms. The lowest BCUT2D eigenvalue weighted by Gasteiger charge is -2.26. The lowest BCUT2D eigenvalue weighted by molar-refractivity contribution is -0.135. The second-order valence-corrected chi connectivity index (χ2v) is 12.2. The van der Waals surface area contributed by atoms with Gasteiger partial charge >= 0.3 is 5.97 Å². The largest absolute Gasteiger partial charge is 0.483 e. The number of nitrogens with zero attached hydrogens (tertiary/aromatic N) is 6. The van der Waals surface area contributed by atoms with Crippen molar-refractivity contribution < 1.29 is 28.2 Å². The van der Waals surface area contributed by atoms with Crippen LogP contribution < -0.4 is 14.1 Å². The maximum Gasteiger partial charge on any atom is 0.324 e. The molecule has 0 atom stereocenters. The third-order valence-corrected chi connectivity index (χ3v) is 8.53. The van der Waals surface area contributed by atoms with E-state index in [-0.39, 0.29) is 27.1 Å². The summed E-state index contributed by atoms with van der Waals surface area (Å²) in [7, 11) is -0.212. The van der Waals surface area contributed by atoms with Gasteiger partial charge in [-0.05, 0) is 75.5 Å². The normalized spacial score (nSPS) is 12.4. The number of fused-ring (bicyclic) bond motifs is 1. The minimum Gasteiger partial charge on any atom is -0.483 e. The monoisotopic (exact) mass is 638 g/mol. The number of benzene rings is 2. The first kappa shape index (κ1) is 32.9. The van der Waals surface area contributed by atoms with E-state index < -0.39 is 22.5 Å². The van der Waals surface area contributed by atoms with E-state index in [1.165, 1.54) is 18.2 Å². The van der Waals surface area contributed by atoms with Crippen LogP contribution in [0.2, 0.25) is 10.0 Å². The quantitative estimate of drug-likeness (QED) is 0.295. The zero-order valence-electron chi connectivity index (χ0n) is 23.3. The first-order chi connectivity index (χ1) is 19.9. The average molecular weight is 640 g/mol. The Morgan fingerprint density at radius 3 is 2.36 bits per heavy atom. The molecule has 2 aromatic carbocycles. The van der Waals surface area contributed by atoms with Crippen molar-refractivity contribution in [1.29, 1.82) is 0 Å². The SMILES string of the molecule is CCN(CCN(C)C)c1ccnc(N2CCc3cc(N(CC(=O)O)S(=O)(=O)c4cc(Cl)cc(Cl)c4)ccc32)n1.O=CO. The van der Waals surface area contributed by atoms with Crippen molar-refractivity contribution in [2.24, 2.45) is 0 Å². The summed E-state index contributed by atoms with van der Waals surface area (Å²) in [5.41, 5.74) is 1.92. The van der Waals surface area contributed by atoms with Crippen molar-refractivity contribution in [2.75, 3.05) is 60.9 Å². The highest BCUT2D eigenvalue weighted by Gasteiger charge is 2.30. The zero-order chi connectivity index (χ0) is 31.0. The van der Waals surface area contributed by atoms with Gasteiger partial charge in [0.15, 0.2) is 0 Å². The highest BCUT2D eigenvalue weighted by atomic mass is 35.5. The number of carbonyl (C=O) groups is 2. The number of rotatable bonds is 11. The Morgan fingerprint density at radius 2 is 1.76 bits per heavy atom. The maximum absolute atomic E-state index is 13.5. The van der Waals surface area contributed by atoms with Crippen molar-refractivity contribution in [2.45, 2.75) is 18.2 Å². The molecule has 0 saturated heterocycles. The van der Waals surface area contributed by atoms with E-state index in [4.69, 9.17) is 38.1 Å². The molecular weight excluding hydrogens is 607 g/mol. The van der Waals surface area contributed by atoms with E-state index >= 15 is 0 Å². The number of anilines is 4. The molecule has 0 fully saturated rings. The molecular formula is C27H32Cl2N6O6S. The maximum atomic E-state index is 13.5. The molecule has 226 valence electrons. The molecule has 0 aliphatic carbocycles. The van der Waals surface area contributed by atoms with Gasteiger partial charge in [0.1, 0.15) is 12.4 Å². The highest BCUT2D eigenvalue weighted by molar-refractivity contribution is 7.92. The Balaban J connectivity index is 0.00000155. The number of carboxylic acid groups (broad SMARTS) is 2. The summed E-state index contributed by atoms with van der Waals surface area (Å²) in [4.78, 5) is 35.4. The molecule has 0 bridgehead atoms.